The van der Waals surface area contributed by atoms with Crippen molar-refractivity contribution in [1.82, 2.24) is 4.98 Å². The van der Waals surface area contributed by atoms with E-state index in [9.17, 15) is 4.79 Å². The molecule has 4 nitrogen and oxygen atoms in total. The molecule has 5 heteroatoms. The second kappa shape index (κ2) is 9.11. The van der Waals surface area contributed by atoms with Crippen molar-refractivity contribution in [1.29, 1.82) is 0 Å². The molecule has 1 aliphatic rings. The fourth-order valence-electron chi connectivity index (χ4n) is 4.92. The summed E-state index contributed by atoms with van der Waals surface area (Å²) in [5, 5.41) is 1.55. The van der Waals surface area contributed by atoms with Gasteiger partial charge in [0, 0.05) is 22.7 Å². The third-order valence-corrected chi connectivity index (χ3v) is 7.00. The highest BCUT2D eigenvalue weighted by atomic mass is 35.5. The second-order valence-electron chi connectivity index (χ2n) is 9.88. The van der Waals surface area contributed by atoms with Gasteiger partial charge >= 0.3 is 5.97 Å². The molecule has 0 atom stereocenters. The Bertz CT molecular complexity index is 1530. The molecule has 0 spiro atoms. The highest BCUT2D eigenvalue weighted by Crippen LogP contribution is 2.45. The van der Waals surface area contributed by atoms with Crippen molar-refractivity contribution in [3.63, 3.8) is 0 Å². The fraction of sp³-hybridized carbons (Fsp3) is 0.226. The first-order valence-corrected chi connectivity index (χ1v) is 12.4. The summed E-state index contributed by atoms with van der Waals surface area (Å²) in [5.41, 5.74) is 6.46. The van der Waals surface area contributed by atoms with Gasteiger partial charge < -0.3 is 9.47 Å². The number of cyclic esters (lactones) is 1. The van der Waals surface area contributed by atoms with E-state index in [1.54, 1.807) is 19.2 Å². The molecule has 0 amide bonds. The number of halogens is 1. The lowest BCUT2D eigenvalue weighted by Gasteiger charge is -2.22. The third kappa shape index (κ3) is 4.16. The van der Waals surface area contributed by atoms with E-state index in [-0.39, 0.29) is 5.97 Å². The number of fused-ring (bicyclic) bond motifs is 1. The molecule has 0 saturated carbocycles. The van der Waals surface area contributed by atoms with E-state index in [0.717, 1.165) is 33.2 Å². The van der Waals surface area contributed by atoms with Gasteiger partial charge in [-0.1, -0.05) is 55.8 Å². The molecule has 0 bridgehead atoms. The standard InChI is InChI=1S/C31H28ClNO3/c1-18(2)23-15-22-10-7-13-33-29(22)24(16-23)19-8-6-9-21(14-19)28-27(30(34)36-31(28,3)4)20-11-12-26(35-5)25(32)17-20/h6-18H,1-5H3. The summed E-state index contributed by atoms with van der Waals surface area (Å²) in [7, 11) is 1.57. The smallest absolute Gasteiger partial charge is 0.340 e. The van der Waals surface area contributed by atoms with Crippen LogP contribution in [0.1, 0.15) is 50.3 Å². The Labute approximate surface area is 216 Å². The number of carbonyl (C=O) groups excluding carboxylic acids is 1. The topological polar surface area (TPSA) is 48.4 Å². The number of pyridine rings is 1. The van der Waals surface area contributed by atoms with Crippen LogP contribution in [0, 0.1) is 0 Å². The molecular formula is C31H28ClNO3. The van der Waals surface area contributed by atoms with Gasteiger partial charge in [0.15, 0.2) is 0 Å². The van der Waals surface area contributed by atoms with Gasteiger partial charge in [0.1, 0.15) is 11.4 Å². The summed E-state index contributed by atoms with van der Waals surface area (Å²) in [6.07, 6.45) is 1.82. The quantitative estimate of drug-likeness (QED) is 0.262. The number of hydrogen-bond acceptors (Lipinski definition) is 4. The number of aromatic nitrogens is 1. The zero-order chi connectivity index (χ0) is 25.6. The molecule has 1 aliphatic heterocycles. The molecule has 0 aliphatic carbocycles. The summed E-state index contributed by atoms with van der Waals surface area (Å²) in [6.45, 7) is 8.22. The van der Waals surface area contributed by atoms with Gasteiger partial charge in [0.05, 0.1) is 23.2 Å². The Hall–Kier alpha value is -3.63. The van der Waals surface area contributed by atoms with E-state index in [2.05, 4.69) is 44.2 Å². The SMILES string of the molecule is COc1ccc(C2=C(c3cccc(-c4cc(C(C)C)cc5cccnc45)c3)C(C)(C)OC2=O)cc1Cl. The van der Waals surface area contributed by atoms with Gasteiger partial charge in [-0.15, -0.1) is 0 Å². The van der Waals surface area contributed by atoms with Crippen LogP contribution in [0.4, 0.5) is 0 Å². The lowest BCUT2D eigenvalue weighted by molar-refractivity contribution is -0.141. The van der Waals surface area contributed by atoms with Crippen molar-refractivity contribution in [2.24, 2.45) is 0 Å². The molecule has 5 rings (SSSR count). The number of benzene rings is 3. The Morgan fingerprint density at radius 1 is 0.944 bits per heavy atom. The van der Waals surface area contributed by atoms with Crippen LogP contribution in [0.2, 0.25) is 5.02 Å². The first-order valence-electron chi connectivity index (χ1n) is 12.0. The number of methoxy groups -OCH3 is 1. The molecule has 0 unspecified atom stereocenters. The van der Waals surface area contributed by atoms with Gasteiger partial charge in [0.2, 0.25) is 0 Å². The second-order valence-corrected chi connectivity index (χ2v) is 10.3. The molecule has 4 aromatic rings. The largest absolute Gasteiger partial charge is 0.495 e. The fourth-order valence-corrected chi connectivity index (χ4v) is 5.18. The van der Waals surface area contributed by atoms with E-state index >= 15 is 0 Å². The number of rotatable bonds is 5. The summed E-state index contributed by atoms with van der Waals surface area (Å²) in [4.78, 5) is 17.8. The van der Waals surface area contributed by atoms with E-state index in [1.807, 2.05) is 44.3 Å². The van der Waals surface area contributed by atoms with E-state index < -0.39 is 5.60 Å². The molecule has 1 aromatic heterocycles. The maximum Gasteiger partial charge on any atom is 0.340 e. The number of hydrogen-bond donors (Lipinski definition) is 0. The van der Waals surface area contributed by atoms with E-state index in [1.165, 1.54) is 5.56 Å². The molecule has 0 radical (unpaired) electrons. The first-order chi connectivity index (χ1) is 17.2. The monoisotopic (exact) mass is 497 g/mol. The number of nitrogens with zero attached hydrogens (tertiary/aromatic N) is 1. The number of ether oxygens (including phenoxy) is 2. The van der Waals surface area contributed by atoms with Crippen LogP contribution < -0.4 is 4.74 Å². The van der Waals surface area contributed by atoms with Crippen LogP contribution >= 0.6 is 11.6 Å². The Morgan fingerprint density at radius 2 is 1.72 bits per heavy atom. The first kappa shape index (κ1) is 24.1. The van der Waals surface area contributed by atoms with Gasteiger partial charge in [-0.3, -0.25) is 4.98 Å². The lowest BCUT2D eigenvalue weighted by Crippen LogP contribution is -2.22. The molecule has 0 N–H and O–H groups in total. The molecule has 0 fully saturated rings. The number of esters is 1. The van der Waals surface area contributed by atoms with Crippen LogP contribution in [-0.2, 0) is 9.53 Å². The van der Waals surface area contributed by atoms with Crippen LogP contribution in [0.15, 0.2) is 72.9 Å². The van der Waals surface area contributed by atoms with Gasteiger partial charge in [0.25, 0.3) is 0 Å². The highest BCUT2D eigenvalue weighted by Gasteiger charge is 2.41. The van der Waals surface area contributed by atoms with E-state index in [0.29, 0.717) is 27.8 Å². The zero-order valence-electron chi connectivity index (χ0n) is 21.1. The molecule has 3 aromatic carbocycles. The summed E-state index contributed by atoms with van der Waals surface area (Å²) in [5.74, 6) is 0.570. The minimum Gasteiger partial charge on any atom is -0.495 e. The number of carbonyl (C=O) groups is 1. The van der Waals surface area contributed by atoms with Crippen molar-refractivity contribution in [2.75, 3.05) is 7.11 Å². The van der Waals surface area contributed by atoms with E-state index in [4.69, 9.17) is 26.1 Å². The van der Waals surface area contributed by atoms with Gasteiger partial charge in [-0.05, 0) is 78.4 Å². The third-order valence-electron chi connectivity index (χ3n) is 6.70. The maximum absolute atomic E-state index is 13.1. The summed E-state index contributed by atoms with van der Waals surface area (Å²) < 4.78 is 11.1. The van der Waals surface area contributed by atoms with Crippen LogP contribution in [0.3, 0.4) is 0 Å². The van der Waals surface area contributed by atoms with Crippen molar-refractivity contribution in [3.05, 3.63) is 94.6 Å². The molecule has 182 valence electrons. The van der Waals surface area contributed by atoms with Crippen molar-refractivity contribution in [2.45, 2.75) is 39.2 Å². The minimum atomic E-state index is -0.808. The molecule has 36 heavy (non-hydrogen) atoms. The van der Waals surface area contributed by atoms with Crippen molar-refractivity contribution in [3.8, 4) is 16.9 Å². The van der Waals surface area contributed by atoms with Gasteiger partial charge in [-0.25, -0.2) is 4.79 Å². The molecular weight excluding hydrogens is 470 g/mol. The molecule has 2 heterocycles. The normalized spacial score (nSPS) is 15.0. The Morgan fingerprint density at radius 3 is 2.44 bits per heavy atom. The lowest BCUT2D eigenvalue weighted by atomic mass is 9.85. The van der Waals surface area contributed by atoms with Gasteiger partial charge in [-0.2, -0.15) is 0 Å². The minimum absolute atomic E-state index is 0.365. The van der Waals surface area contributed by atoms with Crippen LogP contribution in [0.5, 0.6) is 5.75 Å². The predicted molar refractivity (Wildman–Crippen MR) is 146 cm³/mol. The molecule has 0 saturated heterocycles. The predicted octanol–water partition coefficient (Wildman–Crippen LogP) is 7.93. The highest BCUT2D eigenvalue weighted by molar-refractivity contribution is 6.33. The van der Waals surface area contributed by atoms with Crippen molar-refractivity contribution >= 4 is 39.6 Å². The summed E-state index contributed by atoms with van der Waals surface area (Å²) >= 11 is 6.41. The summed E-state index contributed by atoms with van der Waals surface area (Å²) in [6, 6.07) is 22.1. The van der Waals surface area contributed by atoms with Crippen LogP contribution in [0.25, 0.3) is 33.2 Å². The maximum atomic E-state index is 13.1. The van der Waals surface area contributed by atoms with Crippen molar-refractivity contribution < 1.29 is 14.3 Å². The zero-order valence-corrected chi connectivity index (χ0v) is 21.8. The van der Waals surface area contributed by atoms with Crippen LogP contribution in [-0.4, -0.2) is 23.7 Å². The Balaban J connectivity index is 1.73. The Kier molecular flexibility index (Phi) is 6.09. The average Bonchev–Trinajstić information content (AvgIpc) is 3.11. The average molecular weight is 498 g/mol.